The Morgan fingerprint density at radius 2 is 0.783 bits per heavy atom. The molecule has 0 radical (unpaired) electrons. The maximum absolute atomic E-state index is 2.41. The number of hydrogen-bond donors (Lipinski definition) is 0. The van der Waals surface area contributed by atoms with E-state index in [1.807, 2.05) is 13.8 Å². The Bertz CT molecular complexity index is 640. The van der Waals surface area contributed by atoms with Crippen LogP contribution in [0.2, 0.25) is 0 Å². The third-order valence-corrected chi connectivity index (χ3v) is 7.99. The van der Waals surface area contributed by atoms with E-state index in [0.29, 0.717) is 0 Å². The molecule has 3 aromatic rings. The lowest BCUT2D eigenvalue weighted by atomic mass is 10.4. The van der Waals surface area contributed by atoms with E-state index < -0.39 is 6.89 Å². The van der Waals surface area contributed by atoms with Crippen LogP contribution in [0.5, 0.6) is 0 Å². The van der Waals surface area contributed by atoms with Crippen LogP contribution in [0.1, 0.15) is 20.8 Å². The quantitative estimate of drug-likeness (QED) is 0.606. The SMILES string of the molecule is CC.CC=P(c1ccccc1)(c1ccccc1)c1ccccc1. The van der Waals surface area contributed by atoms with Gasteiger partial charge in [0, 0.05) is 0 Å². The van der Waals surface area contributed by atoms with Gasteiger partial charge in [-0.2, -0.15) is 0 Å². The lowest BCUT2D eigenvalue weighted by molar-refractivity contribution is 1.50. The highest BCUT2D eigenvalue weighted by Crippen LogP contribution is 2.43. The molecule has 3 aromatic carbocycles. The predicted octanol–water partition coefficient (Wildman–Crippen LogP) is 4.83. The zero-order valence-electron chi connectivity index (χ0n) is 14.2. The zero-order valence-corrected chi connectivity index (χ0v) is 15.1. The lowest BCUT2D eigenvalue weighted by Gasteiger charge is -2.28. The van der Waals surface area contributed by atoms with Crippen molar-refractivity contribution in [2.45, 2.75) is 20.8 Å². The van der Waals surface area contributed by atoms with Gasteiger partial charge in [0.05, 0.1) is 0 Å². The van der Waals surface area contributed by atoms with Crippen LogP contribution >= 0.6 is 6.89 Å². The molecule has 0 N–H and O–H groups in total. The van der Waals surface area contributed by atoms with E-state index in [1.54, 1.807) is 0 Å². The van der Waals surface area contributed by atoms with Gasteiger partial charge in [-0.05, 0) is 29.7 Å². The Morgan fingerprint density at radius 3 is 1.00 bits per heavy atom. The number of benzene rings is 3. The summed E-state index contributed by atoms with van der Waals surface area (Å²) in [7, 11) is 0. The molecule has 0 amide bonds. The Kier molecular flexibility index (Phi) is 6.44. The van der Waals surface area contributed by atoms with E-state index >= 15 is 0 Å². The summed E-state index contributed by atoms with van der Waals surface area (Å²) in [5, 5.41) is 4.22. The van der Waals surface area contributed by atoms with Crippen molar-refractivity contribution in [3.05, 3.63) is 91.0 Å². The van der Waals surface area contributed by atoms with E-state index in [4.69, 9.17) is 0 Å². The minimum atomic E-state index is -1.66. The van der Waals surface area contributed by atoms with Gasteiger partial charge >= 0.3 is 0 Å². The molecule has 0 fully saturated rings. The molecule has 0 saturated heterocycles. The second-order valence-electron chi connectivity index (χ2n) is 4.99. The van der Waals surface area contributed by atoms with Gasteiger partial charge in [0.25, 0.3) is 0 Å². The molecule has 0 saturated carbocycles. The first-order valence-electron chi connectivity index (χ1n) is 8.24. The zero-order chi connectivity index (χ0) is 16.5. The second kappa shape index (κ2) is 8.56. The molecule has 0 aliphatic carbocycles. The predicted molar refractivity (Wildman–Crippen MR) is 108 cm³/mol. The van der Waals surface area contributed by atoms with Gasteiger partial charge in [-0.25, -0.2) is 0 Å². The summed E-state index contributed by atoms with van der Waals surface area (Å²) >= 11 is 0. The fraction of sp³-hybridized carbons (Fsp3) is 0.136. The van der Waals surface area contributed by atoms with Crippen LogP contribution in [0.3, 0.4) is 0 Å². The third-order valence-electron chi connectivity index (χ3n) is 3.88. The average Bonchev–Trinajstić information content (AvgIpc) is 2.67. The van der Waals surface area contributed by atoms with Crippen LogP contribution in [0.15, 0.2) is 91.0 Å². The molecule has 3 rings (SSSR count). The van der Waals surface area contributed by atoms with Crippen molar-refractivity contribution in [3.63, 3.8) is 0 Å². The molecule has 118 valence electrons. The second-order valence-corrected chi connectivity index (χ2v) is 8.50. The molecular weight excluding hydrogens is 295 g/mol. The van der Waals surface area contributed by atoms with Gasteiger partial charge in [-0.15, -0.1) is 0 Å². The van der Waals surface area contributed by atoms with Crippen LogP contribution in [0.25, 0.3) is 0 Å². The van der Waals surface area contributed by atoms with Crippen molar-refractivity contribution >= 4 is 28.6 Å². The fourth-order valence-electron chi connectivity index (χ4n) is 2.88. The van der Waals surface area contributed by atoms with E-state index in [2.05, 4.69) is 104 Å². The van der Waals surface area contributed by atoms with Gasteiger partial charge in [0.1, 0.15) is 0 Å². The van der Waals surface area contributed by atoms with E-state index in [-0.39, 0.29) is 0 Å². The highest BCUT2D eigenvalue weighted by molar-refractivity contribution is 7.94. The first-order valence-corrected chi connectivity index (χ1v) is 10.1. The van der Waals surface area contributed by atoms with Crippen molar-refractivity contribution in [2.24, 2.45) is 0 Å². The molecule has 0 nitrogen and oxygen atoms in total. The molecule has 0 heterocycles. The van der Waals surface area contributed by atoms with Gasteiger partial charge in [-0.3, -0.25) is 0 Å². The van der Waals surface area contributed by atoms with Gasteiger partial charge in [0.2, 0.25) is 0 Å². The molecule has 0 aromatic heterocycles. The summed E-state index contributed by atoms with van der Waals surface area (Å²) < 4.78 is 0. The summed E-state index contributed by atoms with van der Waals surface area (Å²) in [6.45, 7) is 4.54. The molecule has 0 unspecified atom stereocenters. The van der Waals surface area contributed by atoms with E-state index in [0.717, 1.165) is 0 Å². The van der Waals surface area contributed by atoms with Crippen molar-refractivity contribution in [2.75, 3.05) is 0 Å². The maximum atomic E-state index is 2.41. The fourth-order valence-corrected chi connectivity index (χ4v) is 6.60. The molecule has 0 aliphatic heterocycles. The molecular formula is C22H25P. The molecule has 23 heavy (non-hydrogen) atoms. The highest BCUT2D eigenvalue weighted by Gasteiger charge is 2.23. The normalized spacial score (nSPS) is 10.4. The summed E-state index contributed by atoms with van der Waals surface area (Å²) in [4.78, 5) is 0. The van der Waals surface area contributed by atoms with Crippen LogP contribution in [0, 0.1) is 0 Å². The monoisotopic (exact) mass is 320 g/mol. The Balaban J connectivity index is 0.000000924. The van der Waals surface area contributed by atoms with Gasteiger partial charge < -0.3 is 0 Å². The van der Waals surface area contributed by atoms with Crippen LogP contribution in [-0.4, -0.2) is 5.80 Å². The highest BCUT2D eigenvalue weighted by atomic mass is 31.2. The Morgan fingerprint density at radius 1 is 0.522 bits per heavy atom. The standard InChI is InChI=1S/C20H19P.C2H6/c1-2-21(18-12-6-3-7-13-18,19-14-8-4-9-15-19)20-16-10-5-11-17-20;1-2/h2-17H,1H3;1-2H3. The summed E-state index contributed by atoms with van der Waals surface area (Å²) in [6, 6.07) is 32.6. The first kappa shape index (κ1) is 17.3. The smallest absolute Gasteiger partial charge is 0.0163 e. The minimum Gasteiger partial charge on any atom is -0.0774 e. The van der Waals surface area contributed by atoms with E-state index in [9.17, 15) is 0 Å². The molecule has 1 heteroatoms. The topological polar surface area (TPSA) is 0 Å². The Labute approximate surface area is 140 Å². The Hall–Kier alpha value is -2.04. The first-order chi connectivity index (χ1) is 11.4. The van der Waals surface area contributed by atoms with Crippen LogP contribution in [-0.2, 0) is 0 Å². The molecule has 0 bridgehead atoms. The average molecular weight is 320 g/mol. The van der Waals surface area contributed by atoms with Crippen molar-refractivity contribution < 1.29 is 0 Å². The molecule has 0 atom stereocenters. The summed E-state index contributed by atoms with van der Waals surface area (Å²) in [5.74, 6) is 2.41. The van der Waals surface area contributed by atoms with Crippen molar-refractivity contribution in [1.29, 1.82) is 0 Å². The number of rotatable bonds is 3. The molecule has 0 aliphatic rings. The van der Waals surface area contributed by atoms with Crippen LogP contribution in [0.4, 0.5) is 0 Å². The van der Waals surface area contributed by atoms with Crippen molar-refractivity contribution in [1.82, 2.24) is 0 Å². The number of hydrogen-bond acceptors (Lipinski definition) is 0. The lowest BCUT2D eigenvalue weighted by Crippen LogP contribution is -2.26. The summed E-state index contributed by atoms with van der Waals surface area (Å²) in [6.07, 6.45) is 0. The van der Waals surface area contributed by atoms with E-state index in [1.165, 1.54) is 15.9 Å². The largest absolute Gasteiger partial charge is 0.0774 e. The maximum Gasteiger partial charge on any atom is -0.0163 e. The van der Waals surface area contributed by atoms with Gasteiger partial charge in [0.15, 0.2) is 0 Å². The minimum absolute atomic E-state index is 1.41. The third kappa shape index (κ3) is 3.49. The van der Waals surface area contributed by atoms with Crippen molar-refractivity contribution in [3.8, 4) is 0 Å². The van der Waals surface area contributed by atoms with Gasteiger partial charge in [-0.1, -0.05) is 111 Å². The molecule has 0 spiro atoms. The summed E-state index contributed by atoms with van der Waals surface area (Å²) in [5.41, 5.74) is 0. The van der Waals surface area contributed by atoms with Crippen LogP contribution < -0.4 is 15.9 Å².